The Hall–Kier alpha value is -1.35. The van der Waals surface area contributed by atoms with Gasteiger partial charge in [-0.25, -0.2) is 0 Å². The maximum absolute atomic E-state index is 12.2. The van der Waals surface area contributed by atoms with Crippen LogP contribution in [0.3, 0.4) is 0 Å². The van der Waals surface area contributed by atoms with Crippen LogP contribution in [0.5, 0.6) is 0 Å². The van der Waals surface area contributed by atoms with Gasteiger partial charge in [-0.1, -0.05) is 37.1 Å². The molecule has 1 aromatic rings. The molecule has 0 aromatic heterocycles. The van der Waals surface area contributed by atoms with E-state index in [0.29, 0.717) is 11.3 Å². The number of hydrogen-bond donors (Lipinski definition) is 2. The molecule has 1 aromatic carbocycles. The number of nitrogens with one attached hydrogen (secondary N) is 1. The Balaban J connectivity index is 1.35. The largest absolute Gasteiger partial charge is 0.389 e. The number of aliphatic hydroxyl groups is 1. The first-order valence-corrected chi connectivity index (χ1v) is 9.19. The molecule has 3 aliphatic carbocycles. The Morgan fingerprint density at radius 2 is 1.96 bits per heavy atom. The predicted octanol–water partition coefficient (Wildman–Crippen LogP) is 3.09. The fraction of sp³-hybridized carbons (Fsp3) is 0.650. The minimum atomic E-state index is -0.733. The fourth-order valence-corrected chi connectivity index (χ4v) is 5.05. The highest BCUT2D eigenvalue weighted by Gasteiger charge is 2.56. The summed E-state index contributed by atoms with van der Waals surface area (Å²) in [5.74, 6) is 0.603. The van der Waals surface area contributed by atoms with Crippen LogP contribution in [-0.4, -0.2) is 23.2 Å². The van der Waals surface area contributed by atoms with Crippen LogP contribution in [0.1, 0.15) is 62.5 Å². The Bertz CT molecular complexity index is 605. The summed E-state index contributed by atoms with van der Waals surface area (Å²) in [4.78, 5) is 12.2. The van der Waals surface area contributed by atoms with E-state index in [1.54, 1.807) is 0 Å². The summed E-state index contributed by atoms with van der Waals surface area (Å²) in [5.41, 5.74) is 2.63. The molecule has 2 fully saturated rings. The van der Waals surface area contributed by atoms with Crippen LogP contribution in [0.2, 0.25) is 0 Å². The van der Waals surface area contributed by atoms with Gasteiger partial charge >= 0.3 is 0 Å². The van der Waals surface area contributed by atoms with Gasteiger partial charge in [-0.2, -0.15) is 0 Å². The molecule has 0 heterocycles. The maximum Gasteiger partial charge on any atom is 0.222 e. The summed E-state index contributed by atoms with van der Waals surface area (Å²) in [6.45, 7) is 0.767. The van der Waals surface area contributed by atoms with E-state index in [0.717, 1.165) is 32.2 Å². The Morgan fingerprint density at radius 1 is 1.17 bits per heavy atom. The van der Waals surface area contributed by atoms with Crippen molar-refractivity contribution in [3.63, 3.8) is 0 Å². The number of rotatable bonds is 4. The van der Waals surface area contributed by atoms with E-state index in [2.05, 4.69) is 29.6 Å². The van der Waals surface area contributed by atoms with Crippen molar-refractivity contribution in [2.75, 3.05) is 6.54 Å². The van der Waals surface area contributed by atoms with Crippen LogP contribution in [0.25, 0.3) is 0 Å². The van der Waals surface area contributed by atoms with Gasteiger partial charge in [-0.05, 0) is 55.6 Å². The van der Waals surface area contributed by atoms with Crippen LogP contribution in [-0.2, 0) is 16.6 Å². The first-order valence-electron chi connectivity index (χ1n) is 9.19. The molecule has 2 N–H and O–H groups in total. The minimum Gasteiger partial charge on any atom is -0.389 e. The number of fused-ring (bicyclic) bond motifs is 2. The molecule has 0 aliphatic heterocycles. The van der Waals surface area contributed by atoms with E-state index in [1.807, 2.05) is 0 Å². The molecule has 23 heavy (non-hydrogen) atoms. The zero-order valence-electron chi connectivity index (χ0n) is 13.8. The van der Waals surface area contributed by atoms with Crippen molar-refractivity contribution in [1.82, 2.24) is 5.32 Å². The summed E-state index contributed by atoms with van der Waals surface area (Å²) in [6, 6.07) is 8.84. The van der Waals surface area contributed by atoms with Gasteiger partial charge in [0.1, 0.15) is 0 Å². The zero-order chi connectivity index (χ0) is 15.9. The number of aryl methyl sites for hydroxylation is 1. The van der Waals surface area contributed by atoms with E-state index in [4.69, 9.17) is 0 Å². The summed E-state index contributed by atoms with van der Waals surface area (Å²) in [7, 11) is 0. The second-order valence-electron chi connectivity index (χ2n) is 7.98. The van der Waals surface area contributed by atoms with Crippen LogP contribution in [0.15, 0.2) is 24.3 Å². The average molecular weight is 313 g/mol. The molecule has 2 saturated carbocycles. The Kier molecular flexibility index (Phi) is 3.72. The molecule has 3 nitrogen and oxygen atoms in total. The number of benzene rings is 1. The summed E-state index contributed by atoms with van der Waals surface area (Å²) in [5, 5.41) is 13.5. The lowest BCUT2D eigenvalue weighted by molar-refractivity contribution is -0.125. The van der Waals surface area contributed by atoms with Gasteiger partial charge in [0.15, 0.2) is 0 Å². The summed E-state index contributed by atoms with van der Waals surface area (Å²) in [6.07, 6.45) is 8.86. The third-order valence-electron chi connectivity index (χ3n) is 6.42. The highest BCUT2D eigenvalue weighted by atomic mass is 16.3. The molecule has 2 unspecified atom stereocenters. The van der Waals surface area contributed by atoms with E-state index < -0.39 is 5.60 Å². The highest BCUT2D eigenvalue weighted by molar-refractivity contribution is 5.77. The molecule has 1 spiro atoms. The molecule has 124 valence electrons. The fourth-order valence-electron chi connectivity index (χ4n) is 5.05. The van der Waals surface area contributed by atoms with Crippen LogP contribution in [0.4, 0.5) is 0 Å². The lowest BCUT2D eigenvalue weighted by Crippen LogP contribution is -2.36. The number of carbonyl (C=O) groups excluding carboxylic acids is 1. The van der Waals surface area contributed by atoms with Gasteiger partial charge < -0.3 is 10.4 Å². The average Bonchev–Trinajstić information content (AvgIpc) is 3.06. The van der Waals surface area contributed by atoms with Crippen LogP contribution < -0.4 is 5.32 Å². The molecule has 3 aliphatic rings. The molecule has 2 atom stereocenters. The molecular formula is C20H27NO2. The third kappa shape index (κ3) is 2.80. The second-order valence-corrected chi connectivity index (χ2v) is 7.98. The van der Waals surface area contributed by atoms with E-state index in [-0.39, 0.29) is 12.3 Å². The number of amides is 1. The predicted molar refractivity (Wildman–Crippen MR) is 90.2 cm³/mol. The lowest BCUT2D eigenvalue weighted by atomic mass is 9.78. The molecule has 4 rings (SSSR count). The first-order chi connectivity index (χ1) is 11.1. The van der Waals surface area contributed by atoms with E-state index in [1.165, 1.54) is 36.8 Å². The normalized spacial score (nSPS) is 30.9. The quantitative estimate of drug-likeness (QED) is 0.897. The smallest absolute Gasteiger partial charge is 0.222 e. The van der Waals surface area contributed by atoms with Crippen molar-refractivity contribution in [1.29, 1.82) is 0 Å². The van der Waals surface area contributed by atoms with E-state index >= 15 is 0 Å². The lowest BCUT2D eigenvalue weighted by Gasteiger charge is -2.27. The van der Waals surface area contributed by atoms with Crippen LogP contribution >= 0.6 is 0 Å². The van der Waals surface area contributed by atoms with Crippen molar-refractivity contribution in [2.45, 2.75) is 68.8 Å². The van der Waals surface area contributed by atoms with Gasteiger partial charge in [0.2, 0.25) is 5.91 Å². The SMILES string of the molecule is O=C(CC1(O)CCCC1)NCC1CC12CCCc1ccccc12. The third-order valence-corrected chi connectivity index (χ3v) is 6.42. The second kappa shape index (κ2) is 5.62. The molecule has 3 heteroatoms. The van der Waals surface area contributed by atoms with Gasteiger partial charge in [-0.3, -0.25) is 4.79 Å². The monoisotopic (exact) mass is 313 g/mol. The number of carbonyl (C=O) groups is 1. The van der Waals surface area contributed by atoms with Crippen LogP contribution in [0, 0.1) is 5.92 Å². The van der Waals surface area contributed by atoms with Crippen molar-refractivity contribution in [3.8, 4) is 0 Å². The molecule has 0 bridgehead atoms. The summed E-state index contributed by atoms with van der Waals surface area (Å²) < 4.78 is 0. The van der Waals surface area contributed by atoms with Crippen molar-refractivity contribution in [2.24, 2.45) is 5.92 Å². The molecule has 0 saturated heterocycles. The van der Waals surface area contributed by atoms with E-state index in [9.17, 15) is 9.90 Å². The van der Waals surface area contributed by atoms with Gasteiger partial charge in [0.25, 0.3) is 0 Å². The maximum atomic E-state index is 12.2. The first kappa shape index (κ1) is 15.2. The standard InChI is InChI=1S/C20H27NO2/c22-18(13-19(23)9-3-4-10-19)21-14-16-12-20(16)11-5-7-15-6-1-2-8-17(15)20/h1-2,6,8,16,23H,3-5,7,9-14H2,(H,21,22). The number of hydrogen-bond acceptors (Lipinski definition) is 2. The van der Waals surface area contributed by atoms with Crippen molar-refractivity contribution >= 4 is 5.91 Å². The van der Waals surface area contributed by atoms with Crippen molar-refractivity contribution < 1.29 is 9.90 Å². The summed E-state index contributed by atoms with van der Waals surface area (Å²) >= 11 is 0. The molecule has 0 radical (unpaired) electrons. The zero-order valence-corrected chi connectivity index (χ0v) is 13.8. The van der Waals surface area contributed by atoms with Crippen molar-refractivity contribution in [3.05, 3.63) is 35.4 Å². The Morgan fingerprint density at radius 3 is 2.78 bits per heavy atom. The van der Waals surface area contributed by atoms with Gasteiger partial charge in [-0.15, -0.1) is 0 Å². The minimum absolute atomic E-state index is 0.0283. The van der Waals surface area contributed by atoms with Gasteiger partial charge in [0, 0.05) is 12.0 Å². The molecule has 1 amide bonds. The highest BCUT2D eigenvalue weighted by Crippen LogP contribution is 2.59. The molecular weight excluding hydrogens is 286 g/mol. The topological polar surface area (TPSA) is 49.3 Å². The van der Waals surface area contributed by atoms with Gasteiger partial charge in [0.05, 0.1) is 12.0 Å². The Labute approximate surface area is 138 Å².